The average Bonchev–Trinajstić information content (AvgIpc) is 2.18. The van der Waals surface area contributed by atoms with Crippen molar-refractivity contribution in [3.63, 3.8) is 0 Å². The third-order valence-corrected chi connectivity index (χ3v) is 2.83. The van der Waals surface area contributed by atoms with Gasteiger partial charge in [0.25, 0.3) is 0 Å². The number of rotatable bonds is 4. The molecule has 0 spiro atoms. The third kappa shape index (κ3) is 4.42. The highest BCUT2D eigenvalue weighted by atomic mass is 79.9. The predicted molar refractivity (Wildman–Crippen MR) is 59.6 cm³/mol. The van der Waals surface area contributed by atoms with Gasteiger partial charge in [-0.1, -0.05) is 22.9 Å². The molecule has 1 amide bonds. The first-order valence-corrected chi connectivity index (χ1v) is 6.11. The summed E-state index contributed by atoms with van der Waals surface area (Å²) in [5, 5.41) is 2.93. The summed E-state index contributed by atoms with van der Waals surface area (Å²) in [5.41, 5.74) is 0. The lowest BCUT2D eigenvalue weighted by Crippen LogP contribution is -2.36. The number of alkyl halides is 1. The Morgan fingerprint density at radius 1 is 1.71 bits per heavy atom. The lowest BCUT2D eigenvalue weighted by atomic mass is 10.0. The van der Waals surface area contributed by atoms with Crippen LogP contribution in [0.15, 0.2) is 0 Å². The van der Waals surface area contributed by atoms with Crippen molar-refractivity contribution in [2.24, 2.45) is 5.92 Å². The molecule has 0 aromatic carbocycles. The van der Waals surface area contributed by atoms with Crippen molar-refractivity contribution in [3.05, 3.63) is 0 Å². The monoisotopic (exact) mass is 263 g/mol. The number of hydrogen-bond acceptors (Lipinski definition) is 2. The zero-order valence-corrected chi connectivity index (χ0v) is 10.2. The molecule has 0 bridgehead atoms. The number of carbonyl (C=O) groups excluding carboxylic acids is 1. The van der Waals surface area contributed by atoms with E-state index in [0.29, 0.717) is 11.4 Å². The summed E-state index contributed by atoms with van der Waals surface area (Å²) in [6.45, 7) is 4.23. The Labute approximate surface area is 93.7 Å². The van der Waals surface area contributed by atoms with Crippen molar-refractivity contribution in [1.82, 2.24) is 5.32 Å². The zero-order chi connectivity index (χ0) is 10.4. The van der Waals surface area contributed by atoms with Gasteiger partial charge in [0.05, 0.1) is 12.5 Å². The molecule has 1 N–H and O–H groups in total. The second kappa shape index (κ2) is 6.40. The van der Waals surface area contributed by atoms with Gasteiger partial charge in [-0.3, -0.25) is 4.79 Å². The Morgan fingerprint density at radius 2 is 2.50 bits per heavy atom. The first-order chi connectivity index (χ1) is 6.70. The van der Waals surface area contributed by atoms with E-state index in [4.69, 9.17) is 4.74 Å². The Bertz CT molecular complexity index is 179. The van der Waals surface area contributed by atoms with E-state index in [0.717, 1.165) is 32.4 Å². The summed E-state index contributed by atoms with van der Waals surface area (Å²) in [5.74, 6) is 0.229. The van der Waals surface area contributed by atoms with Gasteiger partial charge in [0.15, 0.2) is 0 Å². The van der Waals surface area contributed by atoms with Crippen LogP contribution in [0, 0.1) is 5.92 Å². The number of halogens is 1. The van der Waals surface area contributed by atoms with E-state index in [1.54, 1.807) is 0 Å². The third-order valence-electron chi connectivity index (χ3n) is 2.37. The maximum Gasteiger partial charge on any atom is 0.225 e. The van der Waals surface area contributed by atoms with E-state index in [1.165, 1.54) is 0 Å². The highest BCUT2D eigenvalue weighted by Crippen LogP contribution is 2.13. The van der Waals surface area contributed by atoms with Gasteiger partial charge < -0.3 is 10.1 Å². The summed E-state index contributed by atoms with van der Waals surface area (Å²) >= 11 is 3.44. The zero-order valence-electron chi connectivity index (χ0n) is 8.59. The van der Waals surface area contributed by atoms with Gasteiger partial charge in [-0.15, -0.1) is 0 Å². The molecule has 0 aliphatic carbocycles. The predicted octanol–water partition coefficient (Wildman–Crippen LogP) is 1.70. The maximum atomic E-state index is 11.6. The van der Waals surface area contributed by atoms with E-state index >= 15 is 0 Å². The summed E-state index contributed by atoms with van der Waals surface area (Å²) in [7, 11) is 0. The minimum Gasteiger partial charge on any atom is -0.381 e. The summed E-state index contributed by atoms with van der Waals surface area (Å²) in [4.78, 5) is 12.0. The van der Waals surface area contributed by atoms with Crippen molar-refractivity contribution >= 4 is 21.8 Å². The highest BCUT2D eigenvalue weighted by molar-refractivity contribution is 9.09. The van der Waals surface area contributed by atoms with Crippen LogP contribution in [0.4, 0.5) is 0 Å². The van der Waals surface area contributed by atoms with Crippen molar-refractivity contribution in [2.45, 2.75) is 31.0 Å². The molecule has 82 valence electrons. The normalized spacial score (nSPS) is 24.3. The first-order valence-electron chi connectivity index (χ1n) is 5.19. The van der Waals surface area contributed by atoms with Crippen LogP contribution in [0.2, 0.25) is 0 Å². The molecule has 0 aromatic rings. The van der Waals surface area contributed by atoms with Crippen molar-refractivity contribution < 1.29 is 9.53 Å². The van der Waals surface area contributed by atoms with Gasteiger partial charge in [0.2, 0.25) is 5.91 Å². The minimum atomic E-state index is 0.0781. The first kappa shape index (κ1) is 12.0. The molecule has 2 unspecified atom stereocenters. The van der Waals surface area contributed by atoms with Crippen LogP contribution >= 0.6 is 15.9 Å². The molecule has 0 aromatic heterocycles. The fourth-order valence-corrected chi connectivity index (χ4v) is 1.72. The standard InChI is InChI=1S/C10H18BrNO2/c1-8(11)4-5-12-10(13)9-3-2-6-14-7-9/h8-9H,2-7H2,1H3,(H,12,13). The number of hydrogen-bond donors (Lipinski definition) is 1. The van der Waals surface area contributed by atoms with Crippen LogP contribution < -0.4 is 5.32 Å². The van der Waals surface area contributed by atoms with Crippen LogP contribution in [0.3, 0.4) is 0 Å². The molecule has 4 heteroatoms. The molecule has 1 fully saturated rings. The number of ether oxygens (including phenoxy) is 1. The molecule has 2 atom stereocenters. The quantitative estimate of drug-likeness (QED) is 0.785. The second-order valence-corrected chi connectivity index (χ2v) is 5.34. The number of nitrogens with one attached hydrogen (secondary N) is 1. The van der Waals surface area contributed by atoms with Gasteiger partial charge in [-0.2, -0.15) is 0 Å². The Hall–Kier alpha value is -0.0900. The molecular formula is C10H18BrNO2. The molecular weight excluding hydrogens is 246 g/mol. The van der Waals surface area contributed by atoms with Crippen LogP contribution in [0.5, 0.6) is 0 Å². The topological polar surface area (TPSA) is 38.3 Å². The molecule has 1 rings (SSSR count). The van der Waals surface area contributed by atoms with E-state index in [2.05, 4.69) is 28.2 Å². The van der Waals surface area contributed by atoms with E-state index < -0.39 is 0 Å². The summed E-state index contributed by atoms with van der Waals surface area (Å²) in [6, 6.07) is 0. The molecule has 1 heterocycles. The Balaban J connectivity index is 2.13. The van der Waals surface area contributed by atoms with Crippen molar-refractivity contribution in [2.75, 3.05) is 19.8 Å². The summed E-state index contributed by atoms with van der Waals surface area (Å²) in [6.07, 6.45) is 2.95. The van der Waals surface area contributed by atoms with E-state index in [9.17, 15) is 4.79 Å². The lowest BCUT2D eigenvalue weighted by molar-refractivity contribution is -0.128. The maximum absolute atomic E-state index is 11.6. The van der Waals surface area contributed by atoms with Gasteiger partial charge >= 0.3 is 0 Å². The van der Waals surface area contributed by atoms with Gasteiger partial charge in [0, 0.05) is 18.0 Å². The van der Waals surface area contributed by atoms with Crippen molar-refractivity contribution in [3.8, 4) is 0 Å². The average molecular weight is 264 g/mol. The molecule has 1 saturated heterocycles. The van der Waals surface area contributed by atoms with Crippen LogP contribution in [0.1, 0.15) is 26.2 Å². The van der Waals surface area contributed by atoms with E-state index in [1.807, 2.05) is 0 Å². The van der Waals surface area contributed by atoms with Gasteiger partial charge in [0.1, 0.15) is 0 Å². The molecule has 0 radical (unpaired) electrons. The molecule has 3 nitrogen and oxygen atoms in total. The van der Waals surface area contributed by atoms with Gasteiger partial charge in [-0.05, 0) is 19.3 Å². The SMILES string of the molecule is CC(Br)CCNC(=O)C1CCCOC1. The van der Waals surface area contributed by atoms with Crippen LogP contribution in [0.25, 0.3) is 0 Å². The van der Waals surface area contributed by atoms with Gasteiger partial charge in [-0.25, -0.2) is 0 Å². The second-order valence-electron chi connectivity index (χ2n) is 3.77. The van der Waals surface area contributed by atoms with Crippen molar-refractivity contribution in [1.29, 1.82) is 0 Å². The smallest absolute Gasteiger partial charge is 0.225 e. The number of carbonyl (C=O) groups is 1. The number of amides is 1. The van der Waals surface area contributed by atoms with Crippen LogP contribution in [-0.4, -0.2) is 30.5 Å². The van der Waals surface area contributed by atoms with E-state index in [-0.39, 0.29) is 11.8 Å². The Kier molecular flexibility index (Phi) is 5.48. The fraction of sp³-hybridized carbons (Fsp3) is 0.900. The fourth-order valence-electron chi connectivity index (χ4n) is 1.49. The van der Waals surface area contributed by atoms with Crippen LogP contribution in [-0.2, 0) is 9.53 Å². The highest BCUT2D eigenvalue weighted by Gasteiger charge is 2.21. The largest absolute Gasteiger partial charge is 0.381 e. The molecule has 0 saturated carbocycles. The molecule has 1 aliphatic rings. The molecule has 14 heavy (non-hydrogen) atoms. The molecule has 1 aliphatic heterocycles. The summed E-state index contributed by atoms with van der Waals surface area (Å²) < 4.78 is 5.26. The minimum absolute atomic E-state index is 0.0781. The lowest BCUT2D eigenvalue weighted by Gasteiger charge is -2.21. The Morgan fingerprint density at radius 3 is 3.07 bits per heavy atom.